The average Bonchev–Trinajstić information content (AvgIpc) is 2.82. The van der Waals surface area contributed by atoms with Crippen molar-refractivity contribution in [1.82, 2.24) is 5.32 Å². The molecule has 1 N–H and O–H groups in total. The lowest BCUT2D eigenvalue weighted by Gasteiger charge is -2.15. The SMILES string of the molecule is CC(NCc1c(Cl)cccc1S(C)(=O)=O)c1ccc(Cl)s1. The van der Waals surface area contributed by atoms with Crippen LogP contribution in [-0.4, -0.2) is 14.7 Å². The van der Waals surface area contributed by atoms with E-state index in [0.717, 1.165) is 9.21 Å². The van der Waals surface area contributed by atoms with Gasteiger partial charge in [-0.2, -0.15) is 0 Å². The minimum Gasteiger partial charge on any atom is -0.305 e. The summed E-state index contributed by atoms with van der Waals surface area (Å²) in [7, 11) is -3.31. The summed E-state index contributed by atoms with van der Waals surface area (Å²) < 4.78 is 24.4. The predicted octanol–water partition coefficient (Wildman–Crippen LogP) is 4.31. The first-order chi connectivity index (χ1) is 9.79. The summed E-state index contributed by atoms with van der Waals surface area (Å²) in [4.78, 5) is 1.35. The van der Waals surface area contributed by atoms with Crippen molar-refractivity contribution in [1.29, 1.82) is 0 Å². The van der Waals surface area contributed by atoms with Gasteiger partial charge in [-0.3, -0.25) is 0 Å². The maximum atomic E-state index is 11.8. The van der Waals surface area contributed by atoms with Crippen LogP contribution < -0.4 is 5.32 Å². The quantitative estimate of drug-likeness (QED) is 0.860. The van der Waals surface area contributed by atoms with Gasteiger partial charge < -0.3 is 5.32 Å². The number of sulfone groups is 1. The molecular weight excluding hydrogens is 349 g/mol. The van der Waals surface area contributed by atoms with Gasteiger partial charge in [-0.15, -0.1) is 11.3 Å². The fourth-order valence-corrected chi connectivity index (χ4v) is 4.32. The number of benzene rings is 1. The molecule has 0 aliphatic carbocycles. The Bertz CT molecular complexity index is 741. The van der Waals surface area contributed by atoms with Crippen LogP contribution >= 0.6 is 34.5 Å². The zero-order valence-corrected chi connectivity index (χ0v) is 14.7. The van der Waals surface area contributed by atoms with Gasteiger partial charge in [0.1, 0.15) is 0 Å². The number of nitrogens with one attached hydrogen (secondary N) is 1. The Hall–Kier alpha value is -0.590. The summed E-state index contributed by atoms with van der Waals surface area (Å²) in [5.74, 6) is 0. The van der Waals surface area contributed by atoms with Gasteiger partial charge in [-0.25, -0.2) is 8.42 Å². The van der Waals surface area contributed by atoms with Crippen molar-refractivity contribution >= 4 is 44.4 Å². The molecule has 7 heteroatoms. The van der Waals surface area contributed by atoms with Gasteiger partial charge in [0.2, 0.25) is 0 Å². The Morgan fingerprint density at radius 1 is 1.24 bits per heavy atom. The van der Waals surface area contributed by atoms with Crippen molar-refractivity contribution in [3.63, 3.8) is 0 Å². The standard InChI is InChI=1S/C14H15Cl2NO2S2/c1-9(12-6-7-14(16)20-12)17-8-10-11(15)4-3-5-13(10)21(2,18)19/h3-7,9,17H,8H2,1-2H3. The zero-order valence-electron chi connectivity index (χ0n) is 11.6. The van der Waals surface area contributed by atoms with Crippen molar-refractivity contribution in [2.45, 2.75) is 24.4 Å². The summed E-state index contributed by atoms with van der Waals surface area (Å²) in [6.45, 7) is 2.37. The maximum Gasteiger partial charge on any atom is 0.175 e. The molecule has 1 atom stereocenters. The lowest BCUT2D eigenvalue weighted by molar-refractivity contribution is 0.572. The Kier molecular flexibility index (Phi) is 5.33. The van der Waals surface area contributed by atoms with Crippen LogP contribution in [0.15, 0.2) is 35.2 Å². The van der Waals surface area contributed by atoms with E-state index in [9.17, 15) is 8.42 Å². The van der Waals surface area contributed by atoms with Crippen LogP contribution in [0.25, 0.3) is 0 Å². The second-order valence-electron chi connectivity index (χ2n) is 4.73. The molecule has 114 valence electrons. The van der Waals surface area contributed by atoms with E-state index in [2.05, 4.69) is 5.32 Å². The van der Waals surface area contributed by atoms with Crippen molar-refractivity contribution in [2.24, 2.45) is 0 Å². The molecule has 0 bridgehead atoms. The van der Waals surface area contributed by atoms with E-state index in [0.29, 0.717) is 17.1 Å². The third-order valence-corrected chi connectivity index (χ3v) is 6.03. The highest BCUT2D eigenvalue weighted by Crippen LogP contribution is 2.28. The van der Waals surface area contributed by atoms with Gasteiger partial charge in [0.05, 0.1) is 9.23 Å². The first kappa shape index (κ1) is 16.8. The molecule has 0 aliphatic heterocycles. The lowest BCUT2D eigenvalue weighted by Crippen LogP contribution is -2.19. The Morgan fingerprint density at radius 3 is 2.52 bits per heavy atom. The van der Waals surface area contributed by atoms with Crippen LogP contribution in [0.1, 0.15) is 23.4 Å². The highest BCUT2D eigenvalue weighted by atomic mass is 35.5. The summed E-state index contributed by atoms with van der Waals surface area (Å²) in [5, 5.41) is 3.73. The molecule has 3 nitrogen and oxygen atoms in total. The molecule has 2 aromatic rings. The molecular formula is C14H15Cl2NO2S2. The number of hydrogen-bond donors (Lipinski definition) is 1. The first-order valence-corrected chi connectivity index (χ1v) is 9.71. The van der Waals surface area contributed by atoms with E-state index in [1.807, 2.05) is 19.1 Å². The second kappa shape index (κ2) is 6.67. The molecule has 0 aliphatic rings. The number of halogens is 2. The van der Waals surface area contributed by atoms with Gasteiger partial charge in [0, 0.05) is 34.3 Å². The van der Waals surface area contributed by atoms with Crippen molar-refractivity contribution in [3.05, 3.63) is 50.1 Å². The van der Waals surface area contributed by atoms with Gasteiger partial charge in [-0.05, 0) is 31.2 Å². The van der Waals surface area contributed by atoms with E-state index in [1.165, 1.54) is 17.6 Å². The van der Waals surface area contributed by atoms with Crippen LogP contribution in [-0.2, 0) is 16.4 Å². The van der Waals surface area contributed by atoms with E-state index in [4.69, 9.17) is 23.2 Å². The second-order valence-corrected chi connectivity index (χ2v) is 8.87. The molecule has 0 saturated heterocycles. The summed E-state index contributed by atoms with van der Waals surface area (Å²) in [6, 6.07) is 8.77. The lowest BCUT2D eigenvalue weighted by atomic mass is 10.2. The molecule has 21 heavy (non-hydrogen) atoms. The molecule has 2 rings (SSSR count). The highest BCUT2D eigenvalue weighted by molar-refractivity contribution is 7.90. The number of thiophene rings is 1. The first-order valence-electron chi connectivity index (χ1n) is 6.25. The van der Waals surface area contributed by atoms with Gasteiger partial charge in [0.15, 0.2) is 9.84 Å². The van der Waals surface area contributed by atoms with Gasteiger partial charge in [-0.1, -0.05) is 29.3 Å². The average molecular weight is 364 g/mol. The molecule has 1 aromatic carbocycles. The third kappa shape index (κ3) is 4.20. The number of rotatable bonds is 5. The summed E-state index contributed by atoms with van der Waals surface area (Å²) in [5.41, 5.74) is 0.594. The van der Waals surface area contributed by atoms with Gasteiger partial charge >= 0.3 is 0 Å². The van der Waals surface area contributed by atoms with Crippen LogP contribution in [0.4, 0.5) is 0 Å². The molecule has 0 radical (unpaired) electrons. The third-order valence-electron chi connectivity index (χ3n) is 3.08. The van der Waals surface area contributed by atoms with Crippen LogP contribution in [0.5, 0.6) is 0 Å². The fourth-order valence-electron chi connectivity index (χ4n) is 1.97. The highest BCUT2D eigenvalue weighted by Gasteiger charge is 2.17. The van der Waals surface area contributed by atoms with Crippen molar-refractivity contribution in [2.75, 3.05) is 6.26 Å². The minimum absolute atomic E-state index is 0.0613. The van der Waals surface area contributed by atoms with E-state index >= 15 is 0 Å². The topological polar surface area (TPSA) is 46.2 Å². The van der Waals surface area contributed by atoms with Crippen molar-refractivity contribution in [3.8, 4) is 0 Å². The summed E-state index contributed by atoms with van der Waals surface area (Å²) in [6.07, 6.45) is 1.19. The Morgan fingerprint density at radius 2 is 1.95 bits per heavy atom. The number of hydrogen-bond acceptors (Lipinski definition) is 4. The monoisotopic (exact) mass is 363 g/mol. The van der Waals surface area contributed by atoms with Crippen LogP contribution in [0.2, 0.25) is 9.36 Å². The van der Waals surface area contributed by atoms with Gasteiger partial charge in [0.25, 0.3) is 0 Å². The summed E-state index contributed by atoms with van der Waals surface area (Å²) >= 11 is 13.6. The largest absolute Gasteiger partial charge is 0.305 e. The molecule has 0 spiro atoms. The van der Waals surface area contributed by atoms with E-state index in [1.54, 1.807) is 18.2 Å². The van der Waals surface area contributed by atoms with Crippen LogP contribution in [0.3, 0.4) is 0 Å². The molecule has 0 saturated carbocycles. The molecule has 0 amide bonds. The zero-order chi connectivity index (χ0) is 15.6. The predicted molar refractivity (Wildman–Crippen MR) is 89.1 cm³/mol. The molecule has 1 heterocycles. The Balaban J connectivity index is 2.20. The molecule has 1 aromatic heterocycles. The van der Waals surface area contributed by atoms with Crippen molar-refractivity contribution < 1.29 is 8.42 Å². The smallest absolute Gasteiger partial charge is 0.175 e. The Labute approximate surface area is 138 Å². The normalized spacial score (nSPS) is 13.3. The van der Waals surface area contributed by atoms with E-state index < -0.39 is 9.84 Å². The fraction of sp³-hybridized carbons (Fsp3) is 0.286. The van der Waals surface area contributed by atoms with Crippen LogP contribution in [0, 0.1) is 0 Å². The minimum atomic E-state index is -3.31. The van der Waals surface area contributed by atoms with E-state index in [-0.39, 0.29) is 10.9 Å². The molecule has 0 fully saturated rings. The maximum absolute atomic E-state index is 11.8. The molecule has 1 unspecified atom stereocenters.